The monoisotopic (exact) mass is 353 g/mol. The van der Waals surface area contributed by atoms with Crippen LogP contribution in [0.25, 0.3) is 0 Å². The lowest BCUT2D eigenvalue weighted by molar-refractivity contribution is -0.742. The number of hydrogen-bond acceptors (Lipinski definition) is 3. The fraction of sp³-hybridized carbons (Fsp3) is 0.471. The smallest absolute Gasteiger partial charge is 0.291 e. The van der Waals surface area contributed by atoms with E-state index in [1.807, 2.05) is 18.6 Å². The first-order chi connectivity index (χ1) is 11.5. The summed E-state index contributed by atoms with van der Waals surface area (Å²) >= 11 is 6.99. The lowest BCUT2D eigenvalue weighted by Gasteiger charge is -2.28. The molecular formula is C17H24ClN3O3. The average molecular weight is 354 g/mol. The molecule has 2 rings (SSSR count). The molecule has 0 aliphatic rings. The highest BCUT2D eigenvalue weighted by Crippen LogP contribution is 2.36. The fourth-order valence-corrected chi connectivity index (χ4v) is 2.95. The summed E-state index contributed by atoms with van der Waals surface area (Å²) in [7, 11) is 0. The highest BCUT2D eigenvalue weighted by molar-refractivity contribution is 6.24. The first kappa shape index (κ1) is 20.0. The molecule has 1 atom stereocenters. The molecule has 132 valence electrons. The van der Waals surface area contributed by atoms with Gasteiger partial charge in [0.2, 0.25) is 0 Å². The standard InChI is InChI=1S/C17H23ClN2.HNO3/c1-2-3-4-8-11-17(18,14-20-13-12-19-15-20)16-9-6-5-7-10-16;2-1(3)4/h5-7,9-10,12-13,15H,2-4,8,11,14H2,1H3;(H,2,3,4). The van der Waals surface area contributed by atoms with Gasteiger partial charge in [-0.1, -0.05) is 62.9 Å². The SMILES string of the molecule is CCCCCCC(Cl)(Cn1ccnc1)c1ccccc1.O=[N+]([O-])O. The van der Waals surface area contributed by atoms with Crippen molar-refractivity contribution >= 4 is 11.6 Å². The Morgan fingerprint density at radius 1 is 1.29 bits per heavy atom. The van der Waals surface area contributed by atoms with E-state index < -0.39 is 5.09 Å². The van der Waals surface area contributed by atoms with Gasteiger partial charge in [-0.3, -0.25) is 0 Å². The molecule has 0 saturated heterocycles. The lowest BCUT2D eigenvalue weighted by atomic mass is 9.92. The molecule has 0 amide bonds. The summed E-state index contributed by atoms with van der Waals surface area (Å²) in [6.07, 6.45) is 11.6. The molecule has 1 unspecified atom stereocenters. The van der Waals surface area contributed by atoms with Gasteiger partial charge in [0.05, 0.1) is 11.2 Å². The molecule has 6 nitrogen and oxygen atoms in total. The van der Waals surface area contributed by atoms with Crippen LogP contribution >= 0.6 is 11.6 Å². The Hall–Kier alpha value is -2.08. The van der Waals surface area contributed by atoms with Crippen molar-refractivity contribution in [2.45, 2.75) is 50.4 Å². The van der Waals surface area contributed by atoms with Gasteiger partial charge >= 0.3 is 0 Å². The number of benzene rings is 1. The van der Waals surface area contributed by atoms with Crippen molar-refractivity contribution in [2.75, 3.05) is 0 Å². The summed E-state index contributed by atoms with van der Waals surface area (Å²) in [4.78, 5) is 12.1. The van der Waals surface area contributed by atoms with E-state index in [9.17, 15) is 0 Å². The maximum Gasteiger partial charge on any atom is 0.291 e. The molecule has 0 aliphatic carbocycles. The zero-order valence-electron chi connectivity index (χ0n) is 13.8. The van der Waals surface area contributed by atoms with Crippen LogP contribution in [0.1, 0.15) is 44.6 Å². The Balaban J connectivity index is 0.000000648. The molecule has 7 heteroatoms. The maximum absolute atomic E-state index is 8.36. The maximum atomic E-state index is 8.36. The lowest BCUT2D eigenvalue weighted by Crippen LogP contribution is -2.25. The minimum atomic E-state index is -1.50. The zero-order valence-corrected chi connectivity index (χ0v) is 14.6. The van der Waals surface area contributed by atoms with E-state index in [0.717, 1.165) is 13.0 Å². The Bertz CT molecular complexity index is 574. The van der Waals surface area contributed by atoms with Crippen molar-refractivity contribution < 1.29 is 10.3 Å². The zero-order chi connectivity index (χ0) is 17.8. The van der Waals surface area contributed by atoms with E-state index in [-0.39, 0.29) is 4.87 Å². The molecule has 0 spiro atoms. The molecule has 1 heterocycles. The van der Waals surface area contributed by atoms with E-state index in [0.29, 0.717) is 0 Å². The van der Waals surface area contributed by atoms with Crippen molar-refractivity contribution in [2.24, 2.45) is 0 Å². The number of aromatic nitrogens is 2. The van der Waals surface area contributed by atoms with Crippen LogP contribution in [0, 0.1) is 10.1 Å². The highest BCUT2D eigenvalue weighted by atomic mass is 35.5. The summed E-state index contributed by atoms with van der Waals surface area (Å²) in [5.41, 5.74) is 1.20. The number of unbranched alkanes of at least 4 members (excludes halogenated alkanes) is 3. The Morgan fingerprint density at radius 3 is 2.50 bits per heavy atom. The van der Waals surface area contributed by atoms with Crippen LogP contribution < -0.4 is 0 Å². The van der Waals surface area contributed by atoms with Gasteiger partial charge < -0.3 is 9.77 Å². The number of rotatable bonds is 8. The summed E-state index contributed by atoms with van der Waals surface area (Å²) in [6.45, 7) is 3.00. The molecule has 0 radical (unpaired) electrons. The van der Waals surface area contributed by atoms with Crippen LogP contribution in [-0.4, -0.2) is 19.8 Å². The number of hydrogen-bond donors (Lipinski definition) is 1. The molecular weight excluding hydrogens is 330 g/mol. The topological polar surface area (TPSA) is 81.2 Å². The molecule has 1 N–H and O–H groups in total. The molecule has 24 heavy (non-hydrogen) atoms. The first-order valence-corrected chi connectivity index (χ1v) is 8.39. The predicted octanol–water partition coefficient (Wildman–Crippen LogP) is 4.64. The third kappa shape index (κ3) is 7.46. The van der Waals surface area contributed by atoms with E-state index in [2.05, 4.69) is 40.7 Å². The van der Waals surface area contributed by atoms with Crippen LogP contribution in [0.3, 0.4) is 0 Å². The molecule has 1 aromatic heterocycles. The second kappa shape index (κ2) is 10.6. The van der Waals surface area contributed by atoms with Crippen molar-refractivity contribution in [3.8, 4) is 0 Å². The van der Waals surface area contributed by atoms with Gasteiger partial charge in [0, 0.05) is 18.9 Å². The van der Waals surface area contributed by atoms with Gasteiger partial charge in [0.15, 0.2) is 0 Å². The molecule has 0 bridgehead atoms. The molecule has 1 aromatic carbocycles. The molecule has 2 aromatic rings. The van der Waals surface area contributed by atoms with E-state index in [1.165, 1.54) is 31.2 Å². The second-order valence-corrected chi connectivity index (χ2v) is 6.34. The van der Waals surface area contributed by atoms with Crippen LogP contribution in [0.4, 0.5) is 0 Å². The third-order valence-corrected chi connectivity index (χ3v) is 4.24. The van der Waals surface area contributed by atoms with Crippen LogP contribution in [-0.2, 0) is 11.4 Å². The van der Waals surface area contributed by atoms with Crippen LogP contribution in [0.5, 0.6) is 0 Å². The van der Waals surface area contributed by atoms with Gasteiger partial charge in [0.25, 0.3) is 5.09 Å². The van der Waals surface area contributed by atoms with E-state index >= 15 is 0 Å². The van der Waals surface area contributed by atoms with Crippen molar-refractivity contribution in [1.29, 1.82) is 0 Å². The number of imidazole rings is 1. The number of alkyl halides is 1. The van der Waals surface area contributed by atoms with Crippen molar-refractivity contribution in [1.82, 2.24) is 9.55 Å². The predicted molar refractivity (Wildman–Crippen MR) is 93.7 cm³/mol. The van der Waals surface area contributed by atoms with E-state index in [4.69, 9.17) is 26.9 Å². The third-order valence-electron chi connectivity index (χ3n) is 3.71. The Morgan fingerprint density at radius 2 is 1.96 bits per heavy atom. The molecule has 0 saturated carbocycles. The second-order valence-electron chi connectivity index (χ2n) is 5.61. The van der Waals surface area contributed by atoms with E-state index in [1.54, 1.807) is 6.20 Å². The average Bonchev–Trinajstić information content (AvgIpc) is 3.05. The first-order valence-electron chi connectivity index (χ1n) is 8.01. The highest BCUT2D eigenvalue weighted by Gasteiger charge is 2.29. The number of halogens is 1. The summed E-state index contributed by atoms with van der Waals surface area (Å²) < 4.78 is 2.07. The fourth-order valence-electron chi connectivity index (χ4n) is 2.55. The minimum Gasteiger partial charge on any atom is -0.335 e. The van der Waals surface area contributed by atoms with Gasteiger partial charge in [-0.15, -0.1) is 21.7 Å². The van der Waals surface area contributed by atoms with Gasteiger partial charge in [-0.2, -0.15) is 0 Å². The minimum absolute atomic E-state index is 0.338. The normalized spacial score (nSPS) is 12.8. The Labute approximate surface area is 147 Å². The van der Waals surface area contributed by atoms with Crippen molar-refractivity contribution in [3.63, 3.8) is 0 Å². The molecule has 0 fully saturated rings. The van der Waals surface area contributed by atoms with Crippen LogP contribution in [0.2, 0.25) is 0 Å². The Kier molecular flexibility index (Phi) is 8.86. The number of nitrogens with zero attached hydrogens (tertiary/aromatic N) is 3. The van der Waals surface area contributed by atoms with Gasteiger partial charge in [-0.25, -0.2) is 4.98 Å². The summed E-state index contributed by atoms with van der Waals surface area (Å²) in [5.74, 6) is 0. The van der Waals surface area contributed by atoms with Gasteiger partial charge in [-0.05, 0) is 12.0 Å². The van der Waals surface area contributed by atoms with Crippen LogP contribution in [0.15, 0.2) is 49.1 Å². The quantitative estimate of drug-likeness (QED) is 0.324. The van der Waals surface area contributed by atoms with Gasteiger partial charge in [0.1, 0.15) is 0 Å². The summed E-state index contributed by atoms with van der Waals surface area (Å²) in [5, 5.41) is 13.6. The largest absolute Gasteiger partial charge is 0.335 e. The summed E-state index contributed by atoms with van der Waals surface area (Å²) in [6, 6.07) is 10.4. The van der Waals surface area contributed by atoms with Crippen molar-refractivity contribution in [3.05, 3.63) is 64.7 Å². The molecule has 0 aliphatic heterocycles.